The lowest BCUT2D eigenvalue weighted by molar-refractivity contribution is 0.247. The van der Waals surface area contributed by atoms with Gasteiger partial charge in [-0.1, -0.05) is 49.7 Å². The monoisotopic (exact) mass is 346 g/mol. The SMILES string of the molecule is Cc1ccc(Cl)cc1NC(=O)NCCOc1ccccc1C(C)C. The van der Waals surface area contributed by atoms with Crippen molar-refractivity contribution in [2.45, 2.75) is 26.7 Å². The average Bonchev–Trinajstić information content (AvgIpc) is 2.55. The minimum Gasteiger partial charge on any atom is -0.491 e. The van der Waals surface area contributed by atoms with Crippen molar-refractivity contribution < 1.29 is 9.53 Å². The van der Waals surface area contributed by atoms with Crippen molar-refractivity contribution in [1.29, 1.82) is 0 Å². The topological polar surface area (TPSA) is 50.4 Å². The number of urea groups is 1. The quantitative estimate of drug-likeness (QED) is 0.725. The van der Waals surface area contributed by atoms with E-state index in [0.717, 1.165) is 16.9 Å². The van der Waals surface area contributed by atoms with E-state index in [0.29, 0.717) is 29.8 Å². The number of benzene rings is 2. The number of ether oxygens (including phenoxy) is 1. The number of halogens is 1. The summed E-state index contributed by atoms with van der Waals surface area (Å²) < 4.78 is 5.78. The lowest BCUT2D eigenvalue weighted by atomic mass is 10.0. The van der Waals surface area contributed by atoms with Gasteiger partial charge in [0.2, 0.25) is 0 Å². The number of rotatable bonds is 6. The second-order valence-electron chi connectivity index (χ2n) is 5.88. The Labute approximate surface area is 148 Å². The average molecular weight is 347 g/mol. The van der Waals surface area contributed by atoms with E-state index in [2.05, 4.69) is 30.5 Å². The fourth-order valence-corrected chi connectivity index (χ4v) is 2.48. The zero-order valence-corrected chi connectivity index (χ0v) is 15.0. The van der Waals surface area contributed by atoms with Crippen LogP contribution in [-0.4, -0.2) is 19.2 Å². The summed E-state index contributed by atoms with van der Waals surface area (Å²) in [7, 11) is 0. The molecular weight excluding hydrogens is 324 g/mol. The van der Waals surface area contributed by atoms with E-state index in [-0.39, 0.29) is 6.03 Å². The molecule has 4 nitrogen and oxygen atoms in total. The van der Waals surface area contributed by atoms with Crippen molar-refractivity contribution in [2.24, 2.45) is 0 Å². The van der Waals surface area contributed by atoms with E-state index in [4.69, 9.17) is 16.3 Å². The van der Waals surface area contributed by atoms with Gasteiger partial charge in [-0.3, -0.25) is 0 Å². The van der Waals surface area contributed by atoms with Crippen molar-refractivity contribution in [3.05, 3.63) is 58.6 Å². The maximum Gasteiger partial charge on any atom is 0.319 e. The molecule has 0 aliphatic rings. The Balaban J connectivity index is 1.80. The van der Waals surface area contributed by atoms with E-state index in [9.17, 15) is 4.79 Å². The van der Waals surface area contributed by atoms with Gasteiger partial charge in [0.05, 0.1) is 6.54 Å². The van der Waals surface area contributed by atoms with Gasteiger partial charge >= 0.3 is 6.03 Å². The first kappa shape index (κ1) is 18.1. The number of carbonyl (C=O) groups is 1. The number of nitrogens with one attached hydrogen (secondary N) is 2. The van der Waals surface area contributed by atoms with Crippen LogP contribution in [0.4, 0.5) is 10.5 Å². The zero-order chi connectivity index (χ0) is 17.5. The van der Waals surface area contributed by atoms with Crippen LogP contribution in [-0.2, 0) is 0 Å². The summed E-state index contributed by atoms with van der Waals surface area (Å²) in [5.41, 5.74) is 2.82. The van der Waals surface area contributed by atoms with Crippen LogP contribution in [0, 0.1) is 6.92 Å². The number of hydrogen-bond donors (Lipinski definition) is 2. The fourth-order valence-electron chi connectivity index (χ4n) is 2.31. The molecule has 5 heteroatoms. The summed E-state index contributed by atoms with van der Waals surface area (Å²) in [4.78, 5) is 11.9. The lowest BCUT2D eigenvalue weighted by Gasteiger charge is -2.14. The van der Waals surface area contributed by atoms with Crippen LogP contribution >= 0.6 is 11.6 Å². The molecule has 0 aliphatic heterocycles. The van der Waals surface area contributed by atoms with Crippen molar-refractivity contribution in [2.75, 3.05) is 18.5 Å². The summed E-state index contributed by atoms with van der Waals surface area (Å²) in [6.45, 7) is 6.99. The Morgan fingerprint density at radius 1 is 1.21 bits per heavy atom. The van der Waals surface area contributed by atoms with Gasteiger partial charge in [-0.25, -0.2) is 4.79 Å². The van der Waals surface area contributed by atoms with Gasteiger partial charge in [-0.2, -0.15) is 0 Å². The minimum absolute atomic E-state index is 0.277. The third-order valence-electron chi connectivity index (χ3n) is 3.63. The summed E-state index contributed by atoms with van der Waals surface area (Å²) in [6.07, 6.45) is 0. The Kier molecular flexibility index (Phi) is 6.50. The normalized spacial score (nSPS) is 10.5. The smallest absolute Gasteiger partial charge is 0.319 e. The molecule has 0 fully saturated rings. The molecule has 0 aromatic heterocycles. The summed E-state index contributed by atoms with van der Waals surface area (Å²) >= 11 is 5.94. The van der Waals surface area contributed by atoms with Gasteiger partial charge in [0, 0.05) is 10.7 Å². The Morgan fingerprint density at radius 2 is 1.96 bits per heavy atom. The van der Waals surface area contributed by atoms with Gasteiger partial charge in [-0.05, 0) is 42.2 Å². The van der Waals surface area contributed by atoms with Crippen LogP contribution in [0.2, 0.25) is 5.02 Å². The molecule has 0 aliphatic carbocycles. The van der Waals surface area contributed by atoms with Crippen LogP contribution in [0.25, 0.3) is 0 Å². The van der Waals surface area contributed by atoms with Crippen LogP contribution in [0.5, 0.6) is 5.75 Å². The summed E-state index contributed by atoms with van der Waals surface area (Å²) in [5, 5.41) is 6.16. The number of carbonyl (C=O) groups excluding carboxylic acids is 1. The molecule has 0 radical (unpaired) electrons. The maximum absolute atomic E-state index is 11.9. The highest BCUT2D eigenvalue weighted by atomic mass is 35.5. The summed E-state index contributed by atoms with van der Waals surface area (Å²) in [5.74, 6) is 1.25. The van der Waals surface area contributed by atoms with Gasteiger partial charge in [0.1, 0.15) is 12.4 Å². The maximum atomic E-state index is 11.9. The van der Waals surface area contributed by atoms with Crippen molar-refractivity contribution in [3.63, 3.8) is 0 Å². The lowest BCUT2D eigenvalue weighted by Crippen LogP contribution is -2.32. The molecule has 0 unspecified atom stereocenters. The third kappa shape index (κ3) is 5.17. The number of para-hydroxylation sites is 1. The second kappa shape index (κ2) is 8.60. The Bertz CT molecular complexity index is 702. The molecular formula is C19H23ClN2O2. The first-order chi connectivity index (χ1) is 11.5. The standard InChI is InChI=1S/C19H23ClN2O2/c1-13(2)16-6-4-5-7-18(16)24-11-10-21-19(23)22-17-12-15(20)9-8-14(17)3/h4-9,12-13H,10-11H2,1-3H3,(H2,21,22,23). The van der Waals surface area contributed by atoms with Crippen molar-refractivity contribution in [3.8, 4) is 5.75 Å². The molecule has 128 valence electrons. The fraction of sp³-hybridized carbons (Fsp3) is 0.316. The third-order valence-corrected chi connectivity index (χ3v) is 3.87. The number of anilines is 1. The molecule has 0 heterocycles. The molecule has 0 saturated carbocycles. The first-order valence-corrected chi connectivity index (χ1v) is 8.38. The highest BCUT2D eigenvalue weighted by Gasteiger charge is 2.07. The number of aryl methyl sites for hydroxylation is 1. The molecule has 2 amide bonds. The van der Waals surface area contributed by atoms with Gasteiger partial charge in [0.25, 0.3) is 0 Å². The predicted molar refractivity (Wildman–Crippen MR) is 99.2 cm³/mol. The van der Waals surface area contributed by atoms with Gasteiger partial charge in [0.15, 0.2) is 0 Å². The molecule has 0 bridgehead atoms. The minimum atomic E-state index is -0.277. The highest BCUT2D eigenvalue weighted by molar-refractivity contribution is 6.31. The van der Waals surface area contributed by atoms with Gasteiger partial charge < -0.3 is 15.4 Å². The van der Waals surface area contributed by atoms with E-state index in [1.807, 2.05) is 31.2 Å². The molecule has 0 atom stereocenters. The molecule has 24 heavy (non-hydrogen) atoms. The number of amides is 2. The largest absolute Gasteiger partial charge is 0.491 e. The number of hydrogen-bond acceptors (Lipinski definition) is 2. The Hall–Kier alpha value is -2.20. The molecule has 0 spiro atoms. The Morgan fingerprint density at radius 3 is 2.71 bits per heavy atom. The molecule has 2 aromatic rings. The zero-order valence-electron chi connectivity index (χ0n) is 14.2. The van der Waals surface area contributed by atoms with E-state index < -0.39 is 0 Å². The predicted octanol–water partition coefficient (Wildman–Crippen LogP) is 4.97. The van der Waals surface area contributed by atoms with Gasteiger partial charge in [-0.15, -0.1) is 0 Å². The molecule has 2 N–H and O–H groups in total. The highest BCUT2D eigenvalue weighted by Crippen LogP contribution is 2.25. The first-order valence-electron chi connectivity index (χ1n) is 8.00. The van der Waals surface area contributed by atoms with Crippen LogP contribution in [0.15, 0.2) is 42.5 Å². The van der Waals surface area contributed by atoms with E-state index >= 15 is 0 Å². The molecule has 2 aromatic carbocycles. The van der Waals surface area contributed by atoms with E-state index in [1.165, 1.54) is 0 Å². The van der Waals surface area contributed by atoms with Crippen LogP contribution in [0.3, 0.4) is 0 Å². The molecule has 0 saturated heterocycles. The summed E-state index contributed by atoms with van der Waals surface area (Å²) in [6, 6.07) is 13.1. The molecule has 2 rings (SSSR count). The van der Waals surface area contributed by atoms with Crippen molar-refractivity contribution in [1.82, 2.24) is 5.32 Å². The van der Waals surface area contributed by atoms with Crippen LogP contribution < -0.4 is 15.4 Å². The van der Waals surface area contributed by atoms with E-state index in [1.54, 1.807) is 12.1 Å². The second-order valence-corrected chi connectivity index (χ2v) is 6.32. The van der Waals surface area contributed by atoms with Crippen molar-refractivity contribution >= 4 is 23.3 Å². The van der Waals surface area contributed by atoms with Crippen LogP contribution in [0.1, 0.15) is 30.9 Å².